The lowest BCUT2D eigenvalue weighted by molar-refractivity contribution is -0.385. The molecular weight excluding hydrogens is 248 g/mol. The highest BCUT2D eigenvalue weighted by Gasteiger charge is 2.21. The topological polar surface area (TPSA) is 72.7 Å². The largest absolute Gasteiger partial charge is 0.465 e. The normalized spacial score (nSPS) is 10.5. The lowest BCUT2D eigenvalue weighted by Gasteiger charge is -2.18. The molecule has 19 heavy (non-hydrogen) atoms. The van der Waals surface area contributed by atoms with Crippen molar-refractivity contribution in [2.75, 3.05) is 20.2 Å². The first-order valence-electron chi connectivity index (χ1n) is 6.11. The Hall–Kier alpha value is -1.95. The number of carbonyl (C=O) groups excluding carboxylic acids is 1. The van der Waals surface area contributed by atoms with Crippen molar-refractivity contribution in [1.29, 1.82) is 0 Å². The van der Waals surface area contributed by atoms with E-state index in [2.05, 4.69) is 9.64 Å². The van der Waals surface area contributed by atoms with Crippen molar-refractivity contribution in [2.24, 2.45) is 0 Å². The minimum atomic E-state index is -0.687. The summed E-state index contributed by atoms with van der Waals surface area (Å²) in [5, 5.41) is 10.9. The maximum atomic E-state index is 11.6. The monoisotopic (exact) mass is 266 g/mol. The van der Waals surface area contributed by atoms with Crippen molar-refractivity contribution in [3.8, 4) is 0 Å². The fraction of sp³-hybridized carbons (Fsp3) is 0.462. The number of rotatable bonds is 6. The molecule has 0 saturated heterocycles. The third-order valence-corrected chi connectivity index (χ3v) is 2.96. The Bertz CT molecular complexity index is 470. The molecule has 0 heterocycles. The van der Waals surface area contributed by atoms with Crippen LogP contribution in [0, 0.1) is 10.1 Å². The molecule has 0 aromatic heterocycles. The highest BCUT2D eigenvalue weighted by molar-refractivity contribution is 5.94. The summed E-state index contributed by atoms with van der Waals surface area (Å²) in [5.41, 5.74) is 0.627. The molecule has 0 bridgehead atoms. The van der Waals surface area contributed by atoms with Gasteiger partial charge in [0.15, 0.2) is 0 Å². The van der Waals surface area contributed by atoms with Gasteiger partial charge in [0, 0.05) is 12.6 Å². The Morgan fingerprint density at radius 2 is 2.00 bits per heavy atom. The van der Waals surface area contributed by atoms with Crippen LogP contribution in [0.2, 0.25) is 0 Å². The van der Waals surface area contributed by atoms with Crippen molar-refractivity contribution in [3.05, 3.63) is 39.4 Å². The van der Waals surface area contributed by atoms with Gasteiger partial charge in [0.05, 0.1) is 12.0 Å². The molecule has 0 aliphatic carbocycles. The molecule has 1 rings (SSSR count). The summed E-state index contributed by atoms with van der Waals surface area (Å²) in [6.07, 6.45) is 0. The van der Waals surface area contributed by atoms with E-state index in [0.29, 0.717) is 6.54 Å². The molecule has 6 nitrogen and oxygen atoms in total. The zero-order valence-corrected chi connectivity index (χ0v) is 11.4. The van der Waals surface area contributed by atoms with Crippen LogP contribution in [0.5, 0.6) is 0 Å². The summed E-state index contributed by atoms with van der Waals surface area (Å²) in [5.74, 6) is -0.687. The molecule has 6 heteroatoms. The van der Waals surface area contributed by atoms with E-state index in [9.17, 15) is 14.9 Å². The predicted molar refractivity (Wildman–Crippen MR) is 71.1 cm³/mol. The van der Waals surface area contributed by atoms with Gasteiger partial charge in [-0.1, -0.05) is 19.9 Å². The summed E-state index contributed by atoms with van der Waals surface area (Å²) < 4.78 is 4.58. The van der Waals surface area contributed by atoms with Gasteiger partial charge >= 0.3 is 5.97 Å². The molecule has 0 aliphatic rings. The van der Waals surface area contributed by atoms with E-state index in [0.717, 1.165) is 18.7 Å². The highest BCUT2D eigenvalue weighted by atomic mass is 16.6. The number of hydrogen-bond donors (Lipinski definition) is 0. The molecule has 1 aromatic rings. The lowest BCUT2D eigenvalue weighted by atomic mass is 10.1. The molecule has 0 saturated carbocycles. The van der Waals surface area contributed by atoms with E-state index in [1.54, 1.807) is 6.07 Å². The van der Waals surface area contributed by atoms with E-state index >= 15 is 0 Å². The Balaban J connectivity index is 3.11. The average molecular weight is 266 g/mol. The lowest BCUT2D eigenvalue weighted by Crippen LogP contribution is -2.22. The van der Waals surface area contributed by atoms with Crippen molar-refractivity contribution >= 4 is 11.7 Å². The number of esters is 1. The van der Waals surface area contributed by atoms with Crippen LogP contribution in [-0.4, -0.2) is 36.0 Å². The van der Waals surface area contributed by atoms with Crippen LogP contribution in [-0.2, 0) is 11.3 Å². The summed E-state index contributed by atoms with van der Waals surface area (Å²) in [4.78, 5) is 24.0. The number of ether oxygens (including phenoxy) is 1. The van der Waals surface area contributed by atoms with Gasteiger partial charge in [-0.05, 0) is 24.7 Å². The van der Waals surface area contributed by atoms with Crippen molar-refractivity contribution in [3.63, 3.8) is 0 Å². The van der Waals surface area contributed by atoms with Crippen LogP contribution in [0.1, 0.15) is 29.8 Å². The van der Waals surface area contributed by atoms with Crippen molar-refractivity contribution in [2.45, 2.75) is 20.4 Å². The van der Waals surface area contributed by atoms with Crippen LogP contribution in [0.4, 0.5) is 5.69 Å². The Morgan fingerprint density at radius 3 is 2.47 bits per heavy atom. The van der Waals surface area contributed by atoms with E-state index < -0.39 is 10.9 Å². The number of hydrogen-bond acceptors (Lipinski definition) is 5. The van der Waals surface area contributed by atoms with Crippen molar-refractivity contribution < 1.29 is 14.5 Å². The van der Waals surface area contributed by atoms with Gasteiger partial charge in [0.25, 0.3) is 5.69 Å². The Morgan fingerprint density at radius 1 is 1.37 bits per heavy atom. The number of methoxy groups -OCH3 is 1. The van der Waals surface area contributed by atoms with Gasteiger partial charge in [-0.25, -0.2) is 4.79 Å². The van der Waals surface area contributed by atoms with Crippen LogP contribution in [0.3, 0.4) is 0 Å². The second-order valence-electron chi connectivity index (χ2n) is 4.06. The zero-order chi connectivity index (χ0) is 14.4. The van der Waals surface area contributed by atoms with Crippen LogP contribution >= 0.6 is 0 Å². The fourth-order valence-electron chi connectivity index (χ4n) is 1.82. The van der Waals surface area contributed by atoms with Crippen LogP contribution < -0.4 is 0 Å². The summed E-state index contributed by atoms with van der Waals surface area (Å²) in [6, 6.07) is 4.55. The summed E-state index contributed by atoms with van der Waals surface area (Å²) in [6.45, 7) is 6.48. The minimum absolute atomic E-state index is 0.00263. The second-order valence-corrected chi connectivity index (χ2v) is 4.06. The average Bonchev–Trinajstić information content (AvgIpc) is 2.43. The molecule has 0 spiro atoms. The number of carbonyl (C=O) groups is 1. The van der Waals surface area contributed by atoms with Gasteiger partial charge in [-0.2, -0.15) is 0 Å². The third kappa shape index (κ3) is 3.75. The standard InChI is InChI=1S/C13H18N2O4/c1-4-14(5-2)9-10-6-7-12(15(17)18)11(8-10)13(16)19-3/h6-8H,4-5,9H2,1-3H3. The zero-order valence-electron chi connectivity index (χ0n) is 11.4. The molecule has 0 N–H and O–H groups in total. The van der Waals surface area contributed by atoms with E-state index in [4.69, 9.17) is 0 Å². The number of nitrogens with zero attached hydrogens (tertiary/aromatic N) is 2. The number of nitro groups is 1. The molecule has 0 amide bonds. The molecule has 0 fully saturated rings. The molecular formula is C13H18N2O4. The van der Waals surface area contributed by atoms with Gasteiger partial charge in [0.1, 0.15) is 5.56 Å². The van der Waals surface area contributed by atoms with Crippen molar-refractivity contribution in [1.82, 2.24) is 4.90 Å². The predicted octanol–water partition coefficient (Wildman–Crippen LogP) is 2.22. The second kappa shape index (κ2) is 6.84. The molecule has 0 unspecified atom stereocenters. The Kier molecular flexibility index (Phi) is 5.44. The fourth-order valence-corrected chi connectivity index (χ4v) is 1.82. The van der Waals surface area contributed by atoms with Crippen LogP contribution in [0.25, 0.3) is 0 Å². The van der Waals surface area contributed by atoms with E-state index in [1.807, 2.05) is 13.8 Å². The first-order chi connectivity index (χ1) is 9.03. The third-order valence-electron chi connectivity index (χ3n) is 2.96. The highest BCUT2D eigenvalue weighted by Crippen LogP contribution is 2.21. The van der Waals surface area contributed by atoms with Gasteiger partial charge in [-0.15, -0.1) is 0 Å². The molecule has 0 radical (unpaired) electrons. The van der Waals surface area contributed by atoms with E-state index in [1.165, 1.54) is 19.2 Å². The van der Waals surface area contributed by atoms with Crippen LogP contribution in [0.15, 0.2) is 18.2 Å². The maximum absolute atomic E-state index is 11.6. The first kappa shape index (κ1) is 15.1. The SMILES string of the molecule is CCN(CC)Cc1ccc([N+](=O)[O-])c(C(=O)OC)c1. The summed E-state index contributed by atoms with van der Waals surface area (Å²) >= 11 is 0. The summed E-state index contributed by atoms with van der Waals surface area (Å²) in [7, 11) is 1.21. The smallest absolute Gasteiger partial charge is 0.344 e. The maximum Gasteiger partial charge on any atom is 0.344 e. The van der Waals surface area contributed by atoms with Gasteiger partial charge < -0.3 is 4.74 Å². The Labute approximate surface area is 112 Å². The van der Waals surface area contributed by atoms with Gasteiger partial charge in [0.2, 0.25) is 0 Å². The van der Waals surface area contributed by atoms with Gasteiger partial charge in [-0.3, -0.25) is 15.0 Å². The molecule has 1 aromatic carbocycles. The molecule has 0 atom stereocenters. The molecule has 0 aliphatic heterocycles. The minimum Gasteiger partial charge on any atom is -0.465 e. The number of benzene rings is 1. The quantitative estimate of drug-likeness (QED) is 0.448. The van der Waals surface area contributed by atoms with E-state index in [-0.39, 0.29) is 11.3 Å². The number of nitro benzene ring substituents is 1. The first-order valence-corrected chi connectivity index (χ1v) is 6.11. The molecule has 104 valence electrons.